The van der Waals surface area contributed by atoms with E-state index in [1.165, 1.54) is 0 Å². The van der Waals surface area contributed by atoms with E-state index in [-0.39, 0.29) is 16.5 Å². The molecule has 0 aliphatic carbocycles. The summed E-state index contributed by atoms with van der Waals surface area (Å²) in [5.41, 5.74) is 10.7. The normalized spacial score (nSPS) is 18.8. The second-order valence-corrected chi connectivity index (χ2v) is 16.5. The van der Waals surface area contributed by atoms with Gasteiger partial charge in [-0.15, -0.1) is 22.1 Å². The molecule has 7 heterocycles. The van der Waals surface area contributed by atoms with Crippen molar-refractivity contribution in [3.05, 3.63) is 108 Å². The molecule has 0 spiro atoms. The van der Waals surface area contributed by atoms with Crippen molar-refractivity contribution in [3.63, 3.8) is 0 Å². The summed E-state index contributed by atoms with van der Waals surface area (Å²) in [5, 5.41) is 0. The number of fused-ring (bicyclic) bond motifs is 8. The second-order valence-electron chi connectivity index (χ2n) is 16.5. The van der Waals surface area contributed by atoms with Crippen LogP contribution in [0.4, 0.5) is 0 Å². The van der Waals surface area contributed by atoms with E-state index in [0.717, 1.165) is 78.0 Å². The predicted octanol–water partition coefficient (Wildman–Crippen LogP) is 7.84. The zero-order valence-electron chi connectivity index (χ0n) is 32.3. The maximum atomic E-state index is 6.32. The minimum Gasteiger partial charge on any atom is -0.657 e. The molecule has 8 nitrogen and oxygen atoms in total. The molecule has 4 aliphatic rings. The molecular weight excluding hydrogens is 729 g/mol. The number of aromatic nitrogens is 4. The predicted molar refractivity (Wildman–Crippen MR) is 219 cm³/mol. The van der Waals surface area contributed by atoms with Crippen LogP contribution in [0.3, 0.4) is 0 Å². The quantitative estimate of drug-likeness (QED) is 0.167. The molecule has 8 bridgehead atoms. The molecule has 3 aromatic heterocycles. The molecule has 0 N–H and O–H groups in total. The summed E-state index contributed by atoms with van der Waals surface area (Å²) < 4.78 is 25.3. The Morgan fingerprint density at radius 1 is 0.455 bits per heavy atom. The van der Waals surface area contributed by atoms with Crippen molar-refractivity contribution in [2.45, 2.75) is 77.8 Å². The Hall–Kier alpha value is -4.50. The van der Waals surface area contributed by atoms with Crippen LogP contribution in [-0.2, 0) is 35.1 Å². The first kappa shape index (κ1) is 37.4. The summed E-state index contributed by atoms with van der Waals surface area (Å²) in [4.78, 5) is 20.3. The molecule has 11 heteroatoms. The summed E-state index contributed by atoms with van der Waals surface area (Å²) in [6.45, 7) is 16.5. The van der Waals surface area contributed by atoms with Crippen molar-refractivity contribution in [1.29, 1.82) is 0 Å². The van der Waals surface area contributed by atoms with Gasteiger partial charge in [0, 0.05) is 5.56 Å². The van der Waals surface area contributed by atoms with Crippen molar-refractivity contribution in [2.24, 2.45) is 0 Å². The third-order valence-corrected chi connectivity index (χ3v) is 11.7. The Morgan fingerprint density at radius 2 is 0.818 bits per heavy atom. The van der Waals surface area contributed by atoms with Gasteiger partial charge in [-0.3, -0.25) is 0 Å². The zero-order chi connectivity index (χ0) is 37.6. The molecule has 0 radical (unpaired) electrons. The van der Waals surface area contributed by atoms with Gasteiger partial charge in [0.1, 0.15) is 0 Å². The maximum Gasteiger partial charge on any atom is 2.00 e. The molecule has 9 rings (SSSR count). The Balaban J connectivity index is 0.00000427. The second kappa shape index (κ2) is 13.3. The van der Waals surface area contributed by atoms with E-state index in [0.29, 0.717) is 0 Å². The minimum atomic E-state index is -0.440. The SMILES string of the molecule is CC1(C)OB(c2ccc(-c3c4nc(cc5ccc([n-]5)c(-c5ccc(B6OC(C)(C)C(C)(C)O6)cc5)c5ccc(cc6nc3C=C6)[n-]5)C=C4)cc2)OC1(C)C.[Ni+2]. The van der Waals surface area contributed by atoms with Crippen molar-refractivity contribution < 1.29 is 35.1 Å². The molecule has 4 aliphatic heterocycles. The van der Waals surface area contributed by atoms with Crippen molar-refractivity contribution in [3.8, 4) is 22.3 Å². The average Bonchev–Trinajstić information content (AvgIpc) is 3.97. The Morgan fingerprint density at radius 3 is 1.20 bits per heavy atom. The molecule has 2 fully saturated rings. The minimum absolute atomic E-state index is 0. The van der Waals surface area contributed by atoms with Gasteiger partial charge >= 0.3 is 30.7 Å². The molecule has 278 valence electrons. The molecule has 2 aromatic carbocycles. The van der Waals surface area contributed by atoms with Crippen LogP contribution < -0.4 is 20.9 Å². The van der Waals surface area contributed by atoms with Crippen molar-refractivity contribution in [1.82, 2.24) is 19.9 Å². The Bertz CT molecular complexity index is 2410. The topological polar surface area (TPSA) is 90.9 Å². The van der Waals surface area contributed by atoms with Crippen LogP contribution in [0.25, 0.3) is 68.6 Å². The summed E-state index contributed by atoms with van der Waals surface area (Å²) in [7, 11) is -0.880. The summed E-state index contributed by atoms with van der Waals surface area (Å²) in [5.74, 6) is 0. The van der Waals surface area contributed by atoms with Gasteiger partial charge in [0.25, 0.3) is 0 Å². The monoisotopic (exact) mass is 770 g/mol. The van der Waals surface area contributed by atoms with Crippen molar-refractivity contribution >= 4 is 71.5 Å². The number of benzene rings is 2. The standard InChI is InChI=1S/C44H42B2N4O4.Ni/c1-41(2)42(3,4)52-45(51-41)29-13-9-27(10-14-29)39-35-21-17-31(47-35)25-33-19-23-37(49-33)40(38-24-20-34(50-38)26-32-18-22-36(39)48-32)28-11-15-30(16-12-28)46-53-43(5,6)44(7,8)54-46;/h9-26H,1-8H3;/q-2;+2. The fourth-order valence-corrected chi connectivity index (χ4v) is 7.12. The Kier molecular flexibility index (Phi) is 9.06. The smallest absolute Gasteiger partial charge is 0.657 e. The van der Waals surface area contributed by atoms with Gasteiger partial charge in [-0.25, -0.2) is 9.97 Å². The van der Waals surface area contributed by atoms with Gasteiger partial charge in [-0.2, -0.15) is 0 Å². The fraction of sp³-hybridized carbons (Fsp3) is 0.273. The summed E-state index contributed by atoms with van der Waals surface area (Å²) >= 11 is 0. The van der Waals surface area contributed by atoms with Crippen LogP contribution >= 0.6 is 0 Å². The molecular formula is C44H42B2N4NiO4. The molecule has 55 heavy (non-hydrogen) atoms. The molecule has 0 atom stereocenters. The van der Waals surface area contributed by atoms with Crippen LogP contribution in [0.15, 0.2) is 84.9 Å². The van der Waals surface area contributed by atoms with Crippen LogP contribution in [-0.4, -0.2) is 46.6 Å². The van der Waals surface area contributed by atoms with E-state index in [2.05, 4.69) is 104 Å². The van der Waals surface area contributed by atoms with Gasteiger partial charge < -0.3 is 28.6 Å². The first-order valence-corrected chi connectivity index (χ1v) is 18.6. The molecule has 0 saturated carbocycles. The van der Waals surface area contributed by atoms with E-state index in [9.17, 15) is 0 Å². The van der Waals surface area contributed by atoms with E-state index in [1.54, 1.807) is 0 Å². The number of hydrogen-bond acceptors (Lipinski definition) is 6. The van der Waals surface area contributed by atoms with E-state index in [1.807, 2.05) is 60.7 Å². The third-order valence-electron chi connectivity index (χ3n) is 11.7. The largest absolute Gasteiger partial charge is 2.00 e. The number of rotatable bonds is 4. The average molecular weight is 771 g/mol. The molecule has 0 amide bonds. The van der Waals surface area contributed by atoms with Gasteiger partial charge in [0.2, 0.25) is 0 Å². The van der Waals surface area contributed by atoms with Crippen LogP contribution in [0.2, 0.25) is 0 Å². The fourth-order valence-electron chi connectivity index (χ4n) is 7.12. The van der Waals surface area contributed by atoms with Crippen LogP contribution in [0.1, 0.15) is 78.2 Å². The van der Waals surface area contributed by atoms with Crippen molar-refractivity contribution in [2.75, 3.05) is 0 Å². The summed E-state index contributed by atoms with van der Waals surface area (Å²) in [6.07, 6.45) is 8.15. The Labute approximate surface area is 333 Å². The number of hydrogen-bond donors (Lipinski definition) is 0. The first-order chi connectivity index (χ1) is 25.6. The van der Waals surface area contributed by atoms with E-state index >= 15 is 0 Å². The molecule has 5 aromatic rings. The molecule has 0 unspecified atom stereocenters. The van der Waals surface area contributed by atoms with Gasteiger partial charge in [0.05, 0.1) is 45.2 Å². The van der Waals surface area contributed by atoms with Gasteiger partial charge in [-0.05, 0) is 107 Å². The van der Waals surface area contributed by atoms with Gasteiger partial charge in [-0.1, -0.05) is 84.9 Å². The summed E-state index contributed by atoms with van der Waals surface area (Å²) in [6, 6.07) is 28.8. The third kappa shape index (κ3) is 6.66. The van der Waals surface area contributed by atoms with Crippen LogP contribution in [0, 0.1) is 0 Å². The van der Waals surface area contributed by atoms with Gasteiger partial charge in [0.15, 0.2) is 0 Å². The zero-order valence-corrected chi connectivity index (χ0v) is 33.3. The number of nitrogens with zero attached hydrogens (tertiary/aromatic N) is 4. The molecule has 2 saturated heterocycles. The van der Waals surface area contributed by atoms with E-state index in [4.69, 9.17) is 38.6 Å². The van der Waals surface area contributed by atoms with E-state index < -0.39 is 36.6 Å². The van der Waals surface area contributed by atoms with Crippen LogP contribution in [0.5, 0.6) is 0 Å². The maximum absolute atomic E-state index is 6.32. The first-order valence-electron chi connectivity index (χ1n) is 18.6.